The maximum Gasteiger partial charge on any atom is 0.174 e. The lowest BCUT2D eigenvalue weighted by Crippen LogP contribution is -2.21. The van der Waals surface area contributed by atoms with E-state index in [-0.39, 0.29) is 18.0 Å². The number of rotatable bonds is 4. The van der Waals surface area contributed by atoms with E-state index in [4.69, 9.17) is 6.42 Å². The Balaban J connectivity index is 2.92. The average molecular weight is 200 g/mol. The van der Waals surface area contributed by atoms with Crippen molar-refractivity contribution in [2.45, 2.75) is 13.3 Å². The van der Waals surface area contributed by atoms with Crippen LogP contribution >= 0.6 is 0 Å². The van der Waals surface area contributed by atoms with Gasteiger partial charge >= 0.3 is 0 Å². The van der Waals surface area contributed by atoms with Gasteiger partial charge in [0.1, 0.15) is 5.78 Å². The zero-order chi connectivity index (χ0) is 11.3. The van der Waals surface area contributed by atoms with Crippen LogP contribution in [0.3, 0.4) is 0 Å². The third-order valence-corrected chi connectivity index (χ3v) is 2.19. The van der Waals surface area contributed by atoms with E-state index in [2.05, 4.69) is 5.92 Å². The first-order valence-corrected chi connectivity index (χ1v) is 4.70. The van der Waals surface area contributed by atoms with Crippen LogP contribution < -0.4 is 0 Å². The van der Waals surface area contributed by atoms with Gasteiger partial charge in [-0.3, -0.25) is 9.59 Å². The van der Waals surface area contributed by atoms with Crippen LogP contribution in [0.1, 0.15) is 23.7 Å². The van der Waals surface area contributed by atoms with Crippen LogP contribution in [0.2, 0.25) is 0 Å². The molecule has 0 amide bonds. The molecule has 0 saturated carbocycles. The summed E-state index contributed by atoms with van der Waals surface area (Å²) in [5.74, 6) is 1.29. The summed E-state index contributed by atoms with van der Waals surface area (Å²) < 4.78 is 0. The van der Waals surface area contributed by atoms with Crippen molar-refractivity contribution < 1.29 is 9.59 Å². The molecule has 0 spiro atoms. The van der Waals surface area contributed by atoms with Crippen LogP contribution in [-0.4, -0.2) is 11.6 Å². The predicted molar refractivity (Wildman–Crippen MR) is 58.4 cm³/mol. The van der Waals surface area contributed by atoms with Crippen molar-refractivity contribution in [2.75, 3.05) is 0 Å². The van der Waals surface area contributed by atoms with E-state index in [0.29, 0.717) is 5.56 Å². The topological polar surface area (TPSA) is 34.1 Å². The third kappa shape index (κ3) is 2.78. The molecule has 15 heavy (non-hydrogen) atoms. The van der Waals surface area contributed by atoms with Gasteiger partial charge in [-0.05, 0) is 6.92 Å². The minimum Gasteiger partial charge on any atom is -0.299 e. The Morgan fingerprint density at radius 1 is 1.33 bits per heavy atom. The highest BCUT2D eigenvalue weighted by Gasteiger charge is 2.23. The monoisotopic (exact) mass is 200 g/mol. The molecule has 0 bridgehead atoms. The van der Waals surface area contributed by atoms with Crippen molar-refractivity contribution >= 4 is 11.6 Å². The van der Waals surface area contributed by atoms with Crippen LogP contribution in [0, 0.1) is 18.3 Å². The molecule has 0 heterocycles. The minimum atomic E-state index is -0.697. The Labute approximate surface area is 89.3 Å². The Bertz CT molecular complexity index is 398. The molecule has 1 aromatic carbocycles. The fourth-order valence-electron chi connectivity index (χ4n) is 1.34. The van der Waals surface area contributed by atoms with Crippen LogP contribution in [0.5, 0.6) is 0 Å². The van der Waals surface area contributed by atoms with E-state index >= 15 is 0 Å². The lowest BCUT2D eigenvalue weighted by molar-refractivity contribution is -0.119. The molecule has 0 aliphatic heterocycles. The van der Waals surface area contributed by atoms with Gasteiger partial charge in [0.2, 0.25) is 0 Å². The molecule has 0 aliphatic carbocycles. The maximum absolute atomic E-state index is 11.9. The van der Waals surface area contributed by atoms with Crippen molar-refractivity contribution in [2.24, 2.45) is 5.92 Å². The van der Waals surface area contributed by atoms with E-state index < -0.39 is 5.92 Å². The lowest BCUT2D eigenvalue weighted by atomic mass is 9.92. The van der Waals surface area contributed by atoms with E-state index in [1.54, 1.807) is 24.3 Å². The number of carbonyl (C=O) groups is 2. The maximum atomic E-state index is 11.9. The van der Waals surface area contributed by atoms with Gasteiger partial charge in [0.25, 0.3) is 0 Å². The molecular weight excluding hydrogens is 188 g/mol. The first-order chi connectivity index (χ1) is 7.16. The van der Waals surface area contributed by atoms with Crippen LogP contribution in [0.15, 0.2) is 30.3 Å². The van der Waals surface area contributed by atoms with Gasteiger partial charge in [-0.1, -0.05) is 30.3 Å². The summed E-state index contributed by atoms with van der Waals surface area (Å²) >= 11 is 0. The van der Waals surface area contributed by atoms with Crippen LogP contribution in [0.25, 0.3) is 0 Å². The highest BCUT2D eigenvalue weighted by molar-refractivity contribution is 6.10. The second-order valence-corrected chi connectivity index (χ2v) is 3.30. The molecule has 1 rings (SSSR count). The number of benzene rings is 1. The van der Waals surface area contributed by atoms with Gasteiger partial charge in [0.05, 0.1) is 5.92 Å². The number of Topliss-reactive ketones (excluding diaryl/α,β-unsaturated/α-hetero) is 2. The van der Waals surface area contributed by atoms with Gasteiger partial charge in [0, 0.05) is 12.0 Å². The fraction of sp³-hybridized carbons (Fsp3) is 0.231. The number of carbonyl (C=O) groups excluding carboxylic acids is 2. The quantitative estimate of drug-likeness (QED) is 0.423. The molecular formula is C13H12O2. The van der Waals surface area contributed by atoms with Crippen molar-refractivity contribution in [3.05, 3.63) is 35.9 Å². The molecule has 76 valence electrons. The summed E-state index contributed by atoms with van der Waals surface area (Å²) in [5.41, 5.74) is 0.535. The highest BCUT2D eigenvalue weighted by atomic mass is 16.1. The number of ketones is 2. The van der Waals surface area contributed by atoms with Gasteiger partial charge in [-0.15, -0.1) is 12.3 Å². The molecule has 1 unspecified atom stereocenters. The SMILES string of the molecule is C#CCC(C(C)=O)C(=O)c1ccccc1. The summed E-state index contributed by atoms with van der Waals surface area (Å²) in [7, 11) is 0. The zero-order valence-electron chi connectivity index (χ0n) is 8.57. The smallest absolute Gasteiger partial charge is 0.174 e. The Kier molecular flexibility index (Phi) is 3.82. The van der Waals surface area contributed by atoms with Gasteiger partial charge < -0.3 is 0 Å². The highest BCUT2D eigenvalue weighted by Crippen LogP contribution is 2.13. The first kappa shape index (κ1) is 11.2. The molecule has 0 N–H and O–H groups in total. The summed E-state index contributed by atoms with van der Waals surface area (Å²) in [4.78, 5) is 23.1. The molecule has 1 atom stereocenters. The standard InChI is InChI=1S/C13H12O2/c1-3-7-12(10(2)14)13(15)11-8-5-4-6-9-11/h1,4-6,8-9,12H,7H2,2H3. The van der Waals surface area contributed by atoms with Crippen molar-refractivity contribution in [3.63, 3.8) is 0 Å². The van der Waals surface area contributed by atoms with Crippen LogP contribution in [0.4, 0.5) is 0 Å². The van der Waals surface area contributed by atoms with Gasteiger partial charge in [-0.25, -0.2) is 0 Å². The average Bonchev–Trinajstić information content (AvgIpc) is 2.26. The molecule has 1 aromatic rings. The molecule has 2 heteroatoms. The third-order valence-electron chi connectivity index (χ3n) is 2.19. The second-order valence-electron chi connectivity index (χ2n) is 3.30. The number of hydrogen-bond donors (Lipinski definition) is 0. The number of terminal acetylenes is 1. The van der Waals surface area contributed by atoms with E-state index in [0.717, 1.165) is 0 Å². The largest absolute Gasteiger partial charge is 0.299 e. The molecule has 0 aliphatic rings. The lowest BCUT2D eigenvalue weighted by Gasteiger charge is -2.08. The Morgan fingerprint density at radius 3 is 2.40 bits per heavy atom. The van der Waals surface area contributed by atoms with Crippen LogP contribution in [-0.2, 0) is 4.79 Å². The van der Waals surface area contributed by atoms with Crippen molar-refractivity contribution in [1.82, 2.24) is 0 Å². The number of hydrogen-bond acceptors (Lipinski definition) is 2. The minimum absolute atomic E-state index is 0.170. The zero-order valence-corrected chi connectivity index (χ0v) is 8.57. The summed E-state index contributed by atoms with van der Waals surface area (Å²) in [6, 6.07) is 8.73. The molecule has 0 saturated heterocycles. The fourth-order valence-corrected chi connectivity index (χ4v) is 1.34. The Morgan fingerprint density at radius 2 is 1.93 bits per heavy atom. The van der Waals surface area contributed by atoms with E-state index in [1.165, 1.54) is 6.92 Å². The normalized spacial score (nSPS) is 11.5. The molecule has 0 radical (unpaired) electrons. The summed E-state index contributed by atoms with van der Waals surface area (Å²) in [6.07, 6.45) is 5.30. The second kappa shape index (κ2) is 5.11. The van der Waals surface area contributed by atoms with Gasteiger partial charge in [-0.2, -0.15) is 0 Å². The van der Waals surface area contributed by atoms with Crippen molar-refractivity contribution in [3.8, 4) is 12.3 Å². The molecule has 0 aromatic heterocycles. The summed E-state index contributed by atoms with van der Waals surface area (Å²) in [5, 5.41) is 0. The predicted octanol–water partition coefficient (Wildman–Crippen LogP) is 2.10. The molecule has 2 nitrogen and oxygen atoms in total. The summed E-state index contributed by atoms with van der Waals surface area (Å²) in [6.45, 7) is 1.39. The first-order valence-electron chi connectivity index (χ1n) is 4.70. The van der Waals surface area contributed by atoms with Gasteiger partial charge in [0.15, 0.2) is 5.78 Å². The van der Waals surface area contributed by atoms with Crippen molar-refractivity contribution in [1.29, 1.82) is 0 Å². The Hall–Kier alpha value is -1.88. The van der Waals surface area contributed by atoms with E-state index in [1.807, 2.05) is 6.07 Å². The molecule has 0 fully saturated rings. The van der Waals surface area contributed by atoms with E-state index in [9.17, 15) is 9.59 Å².